The molecule has 12 N–H and O–H groups in total. The average molecular weight is 1300 g/mol. The van der Waals surface area contributed by atoms with Crippen LogP contribution in [0.5, 0.6) is 0 Å². The van der Waals surface area contributed by atoms with Crippen LogP contribution in [-0.4, -0.2) is 193 Å². The molecule has 0 aromatic carbocycles. The number of carbonyl (C=O) groups excluding carboxylic acids is 1. The molecule has 19 nitrogen and oxygen atoms in total. The molecule has 0 spiro atoms. The first-order valence-electron chi connectivity index (χ1n) is 35.5. The second kappa shape index (κ2) is 53.8. The molecular formula is C73H125NO18. The van der Waals surface area contributed by atoms with Crippen molar-refractivity contribution >= 4 is 5.91 Å². The number of hydrogen-bond donors (Lipinski definition) is 12. The Hall–Kier alpha value is -3.29. The number of ether oxygens (including phenoxy) is 6. The summed E-state index contributed by atoms with van der Waals surface area (Å²) in [6.45, 7) is 1.59. The fraction of sp³-hybridized carbons (Fsp3) is 0.767. The van der Waals surface area contributed by atoms with E-state index in [1.165, 1.54) is 103 Å². The predicted octanol–water partition coefficient (Wildman–Crippen LogP) is 9.66. The topological polar surface area (TPSA) is 307 Å². The second-order valence-electron chi connectivity index (χ2n) is 24.9. The maximum absolute atomic E-state index is 13.4. The SMILES string of the molecule is CC/C=C\C/C=C\C/C=C\C/C=C\C/C=C\CCCCCCCCCCCCCC(=O)NC(COC1OC(CO)C(OC2OC(CO)C(OC3OC(CO)C(O)C(O)C3O)C(O)C2O)C(O)C1O)C(O)/C=C/CC/C=C/CC/C=C/CCCCCCCCCCCC. The lowest BCUT2D eigenvalue weighted by Crippen LogP contribution is -2.66. The van der Waals surface area contributed by atoms with Crippen molar-refractivity contribution in [1.29, 1.82) is 0 Å². The molecule has 1 amide bonds. The summed E-state index contributed by atoms with van der Waals surface area (Å²) in [7, 11) is 0. The van der Waals surface area contributed by atoms with Gasteiger partial charge in [-0.05, 0) is 89.9 Å². The quantitative estimate of drug-likeness (QED) is 0.0199. The Morgan fingerprint density at radius 2 is 0.761 bits per heavy atom. The van der Waals surface area contributed by atoms with Crippen LogP contribution >= 0.6 is 0 Å². The van der Waals surface area contributed by atoms with Gasteiger partial charge in [0, 0.05) is 6.42 Å². The van der Waals surface area contributed by atoms with Crippen LogP contribution in [0.1, 0.15) is 226 Å². The summed E-state index contributed by atoms with van der Waals surface area (Å²) < 4.78 is 34.3. The third kappa shape index (κ3) is 35.1. The lowest BCUT2D eigenvalue weighted by atomic mass is 9.96. The van der Waals surface area contributed by atoms with Crippen molar-refractivity contribution in [3.8, 4) is 0 Å². The maximum atomic E-state index is 13.4. The lowest BCUT2D eigenvalue weighted by molar-refractivity contribution is -0.379. The summed E-state index contributed by atoms with van der Waals surface area (Å²) in [5.74, 6) is -0.296. The van der Waals surface area contributed by atoms with Crippen LogP contribution in [0.2, 0.25) is 0 Å². The minimum absolute atomic E-state index is 0.222. The van der Waals surface area contributed by atoms with Crippen LogP contribution in [0.4, 0.5) is 0 Å². The fourth-order valence-corrected chi connectivity index (χ4v) is 11.4. The predicted molar refractivity (Wildman–Crippen MR) is 360 cm³/mol. The summed E-state index contributed by atoms with van der Waals surface area (Å²) >= 11 is 0. The summed E-state index contributed by atoms with van der Waals surface area (Å²) in [4.78, 5) is 13.4. The Morgan fingerprint density at radius 3 is 1.22 bits per heavy atom. The van der Waals surface area contributed by atoms with Crippen LogP contribution in [-0.2, 0) is 33.2 Å². The first-order valence-corrected chi connectivity index (χ1v) is 35.5. The molecule has 3 fully saturated rings. The van der Waals surface area contributed by atoms with Crippen molar-refractivity contribution in [2.75, 3.05) is 26.4 Å². The molecule has 17 atom stereocenters. The van der Waals surface area contributed by atoms with Gasteiger partial charge in [0.05, 0.1) is 38.6 Å². The van der Waals surface area contributed by atoms with Gasteiger partial charge in [-0.1, -0.05) is 227 Å². The minimum Gasteiger partial charge on any atom is -0.394 e. The highest BCUT2D eigenvalue weighted by atomic mass is 16.8. The molecule has 3 rings (SSSR count). The Morgan fingerprint density at radius 1 is 0.402 bits per heavy atom. The van der Waals surface area contributed by atoms with E-state index in [0.717, 1.165) is 89.9 Å². The number of allylic oxidation sites excluding steroid dienone is 15. The molecule has 530 valence electrons. The molecule has 17 unspecified atom stereocenters. The van der Waals surface area contributed by atoms with E-state index in [0.29, 0.717) is 12.8 Å². The van der Waals surface area contributed by atoms with E-state index >= 15 is 0 Å². The van der Waals surface area contributed by atoms with Gasteiger partial charge in [0.15, 0.2) is 18.9 Å². The van der Waals surface area contributed by atoms with E-state index < -0.39 is 124 Å². The van der Waals surface area contributed by atoms with Crippen molar-refractivity contribution in [3.63, 3.8) is 0 Å². The number of aliphatic hydroxyl groups is 11. The highest BCUT2D eigenvalue weighted by molar-refractivity contribution is 5.76. The Kier molecular flexibility index (Phi) is 48.5. The highest BCUT2D eigenvalue weighted by Crippen LogP contribution is 2.33. The first-order chi connectivity index (χ1) is 44.8. The van der Waals surface area contributed by atoms with Crippen molar-refractivity contribution in [2.24, 2.45) is 0 Å². The number of nitrogens with one attached hydrogen (secondary N) is 1. The summed E-state index contributed by atoms with van der Waals surface area (Å²) in [6, 6.07) is -1.00. The van der Waals surface area contributed by atoms with Gasteiger partial charge in [0.25, 0.3) is 0 Å². The molecule has 3 aliphatic rings. The average Bonchev–Trinajstić information content (AvgIpc) is 0.854. The lowest BCUT2D eigenvalue weighted by Gasteiger charge is -2.48. The standard InChI is InChI=1S/C73H125NO18/c1-3-5-7-9-11-13-15-17-19-21-23-25-26-27-28-29-30-31-33-35-37-39-41-43-45-47-49-51-61(79)74-56(57(78)50-48-46-44-42-40-38-36-34-32-24-22-20-18-16-14-12-10-8-6-4-2)55-87-71-67(85)64(82)69(59(53-76)89-71)92-73-68(86)65(83)70(60(54-77)90-73)91-72-66(84)63(81)62(80)58(52-75)88-72/h5,7,11,13,17,19,23,25,27-28,32,34,40,42,48,50,56-60,62-73,75-78,80-86H,3-4,6,8-10,12,14-16,18,20-22,24,26,29-31,33,35-39,41,43-47,49,51-55H2,1-2H3,(H,74,79)/b7-5-,13-11-,19-17-,25-23-,28-27-,34-32+,42-40+,50-48+. The molecule has 92 heavy (non-hydrogen) atoms. The van der Waals surface area contributed by atoms with Gasteiger partial charge in [-0.3, -0.25) is 4.79 Å². The van der Waals surface area contributed by atoms with Crippen molar-refractivity contribution in [3.05, 3.63) is 97.2 Å². The second-order valence-corrected chi connectivity index (χ2v) is 24.9. The number of amides is 1. The molecule has 3 heterocycles. The molecule has 0 radical (unpaired) electrons. The van der Waals surface area contributed by atoms with Crippen molar-refractivity contribution in [1.82, 2.24) is 5.32 Å². The smallest absolute Gasteiger partial charge is 0.220 e. The van der Waals surface area contributed by atoms with E-state index in [1.807, 2.05) is 6.08 Å². The Labute approximate surface area is 552 Å². The summed E-state index contributed by atoms with van der Waals surface area (Å²) in [5, 5.41) is 121. The van der Waals surface area contributed by atoms with Crippen LogP contribution in [0.3, 0.4) is 0 Å². The monoisotopic (exact) mass is 1300 g/mol. The normalized spacial score (nSPS) is 28.3. The van der Waals surface area contributed by atoms with E-state index in [1.54, 1.807) is 6.08 Å². The van der Waals surface area contributed by atoms with Crippen LogP contribution < -0.4 is 5.32 Å². The van der Waals surface area contributed by atoms with Gasteiger partial charge in [-0.25, -0.2) is 0 Å². The third-order valence-electron chi connectivity index (χ3n) is 17.1. The van der Waals surface area contributed by atoms with Gasteiger partial charge in [-0.15, -0.1) is 0 Å². The number of hydrogen-bond acceptors (Lipinski definition) is 18. The number of carbonyl (C=O) groups is 1. The maximum Gasteiger partial charge on any atom is 0.220 e. The van der Waals surface area contributed by atoms with Crippen molar-refractivity contribution < 1.29 is 89.4 Å². The van der Waals surface area contributed by atoms with Gasteiger partial charge < -0.3 is 89.9 Å². The zero-order chi connectivity index (χ0) is 66.8. The first kappa shape index (κ1) is 82.9. The number of unbranched alkanes of at least 4 members (excludes halogenated alkanes) is 23. The summed E-state index contributed by atoms with van der Waals surface area (Å²) in [6.07, 6.45) is 43.7. The molecule has 3 aliphatic heterocycles. The van der Waals surface area contributed by atoms with E-state index in [2.05, 4.69) is 104 Å². The Bertz CT molecular complexity index is 2040. The minimum atomic E-state index is -1.99. The molecule has 0 aromatic heterocycles. The molecule has 0 saturated carbocycles. The largest absolute Gasteiger partial charge is 0.394 e. The van der Waals surface area contributed by atoms with Crippen LogP contribution in [0.25, 0.3) is 0 Å². The molecule has 0 aliphatic carbocycles. The van der Waals surface area contributed by atoms with Crippen LogP contribution in [0.15, 0.2) is 97.2 Å². The van der Waals surface area contributed by atoms with Gasteiger partial charge in [-0.2, -0.15) is 0 Å². The summed E-state index contributed by atoms with van der Waals surface area (Å²) in [5.41, 5.74) is 0. The van der Waals surface area contributed by atoms with Gasteiger partial charge in [0.1, 0.15) is 73.2 Å². The van der Waals surface area contributed by atoms with E-state index in [9.17, 15) is 61.0 Å². The third-order valence-corrected chi connectivity index (χ3v) is 17.1. The molecular weight excluding hydrogens is 1180 g/mol. The Balaban J connectivity index is 1.44. The molecule has 0 aromatic rings. The molecule has 3 saturated heterocycles. The zero-order valence-corrected chi connectivity index (χ0v) is 56.0. The number of aliphatic hydroxyl groups excluding tert-OH is 11. The molecule has 0 bridgehead atoms. The zero-order valence-electron chi connectivity index (χ0n) is 56.0. The fourth-order valence-electron chi connectivity index (χ4n) is 11.4. The van der Waals surface area contributed by atoms with E-state index in [-0.39, 0.29) is 18.9 Å². The van der Waals surface area contributed by atoms with Gasteiger partial charge in [0.2, 0.25) is 5.91 Å². The van der Waals surface area contributed by atoms with Crippen LogP contribution in [0, 0.1) is 0 Å². The van der Waals surface area contributed by atoms with Gasteiger partial charge >= 0.3 is 0 Å². The number of rotatable bonds is 53. The molecule has 19 heteroatoms. The van der Waals surface area contributed by atoms with Crippen molar-refractivity contribution in [2.45, 2.75) is 330 Å². The highest BCUT2D eigenvalue weighted by Gasteiger charge is 2.53. The van der Waals surface area contributed by atoms with E-state index in [4.69, 9.17) is 28.4 Å².